The van der Waals surface area contributed by atoms with Crippen LogP contribution in [0.25, 0.3) is 0 Å². The van der Waals surface area contributed by atoms with Gasteiger partial charge in [0.25, 0.3) is 0 Å². The lowest BCUT2D eigenvalue weighted by atomic mass is 10.0. The zero-order valence-electron chi connectivity index (χ0n) is 11.5. The number of amides is 3. The van der Waals surface area contributed by atoms with E-state index in [0.29, 0.717) is 35.1 Å². The minimum atomic E-state index is -0.678. The molecule has 3 amide bonds. The second-order valence-corrected chi connectivity index (χ2v) is 5.32. The topological polar surface area (TPSA) is 94.4 Å². The average Bonchev–Trinajstić information content (AvgIpc) is 2.46. The summed E-state index contributed by atoms with van der Waals surface area (Å²) < 4.78 is 0. The van der Waals surface area contributed by atoms with Crippen LogP contribution in [0.5, 0.6) is 0 Å². The number of hydrogen-bond donors (Lipinski definition) is 3. The van der Waals surface area contributed by atoms with Crippen molar-refractivity contribution in [3.05, 3.63) is 28.2 Å². The molecule has 1 rings (SSSR count). The highest BCUT2D eigenvalue weighted by Gasteiger charge is 2.13. The molecule has 0 aliphatic rings. The van der Waals surface area contributed by atoms with Gasteiger partial charge >= 0.3 is 6.03 Å². The van der Waals surface area contributed by atoms with Gasteiger partial charge < -0.3 is 10.6 Å². The van der Waals surface area contributed by atoms with Gasteiger partial charge in [-0.1, -0.05) is 35.2 Å². The minimum absolute atomic E-state index is 0.134. The van der Waals surface area contributed by atoms with E-state index in [-0.39, 0.29) is 11.8 Å². The van der Waals surface area contributed by atoms with Crippen LogP contribution in [0.2, 0.25) is 10.0 Å². The fraction of sp³-hybridized carbons (Fsp3) is 0.385. The summed E-state index contributed by atoms with van der Waals surface area (Å²) in [6.45, 7) is 2.18. The molecule has 0 aromatic heterocycles. The quantitative estimate of drug-likeness (QED) is 0.541. The van der Waals surface area contributed by atoms with Gasteiger partial charge in [-0.2, -0.15) is 5.53 Å². The first-order valence-corrected chi connectivity index (χ1v) is 7.11. The lowest BCUT2D eigenvalue weighted by Gasteiger charge is -2.12. The van der Waals surface area contributed by atoms with Crippen LogP contribution < -0.4 is 10.6 Å². The molecule has 0 aliphatic heterocycles. The molecule has 1 aromatic carbocycles. The standard InChI is InChI=1S/C13H16Cl2N4O2/c1-8(3-2-6-17-13(21)19-16)12(20)18-9-4-5-10(14)11(15)7-9/h4-5,7-8,16H,2-3,6H2,1H3,(H,17,21)(H,18,20)/t8-/m0/s1. The first-order valence-electron chi connectivity index (χ1n) is 6.35. The van der Waals surface area contributed by atoms with Crippen LogP contribution >= 0.6 is 23.2 Å². The van der Waals surface area contributed by atoms with E-state index in [9.17, 15) is 9.59 Å². The predicted octanol–water partition coefficient (Wildman–Crippen LogP) is 4.09. The predicted molar refractivity (Wildman–Crippen MR) is 82.0 cm³/mol. The Morgan fingerprint density at radius 2 is 2.05 bits per heavy atom. The van der Waals surface area contributed by atoms with E-state index in [1.165, 1.54) is 0 Å². The molecule has 0 fully saturated rings. The van der Waals surface area contributed by atoms with Crippen molar-refractivity contribution in [2.24, 2.45) is 11.0 Å². The molecule has 0 radical (unpaired) electrons. The van der Waals surface area contributed by atoms with Crippen LogP contribution in [-0.4, -0.2) is 18.5 Å². The molecule has 3 N–H and O–H groups in total. The molecule has 0 saturated carbocycles. The van der Waals surface area contributed by atoms with E-state index < -0.39 is 6.03 Å². The Balaban J connectivity index is 2.38. The average molecular weight is 331 g/mol. The largest absolute Gasteiger partial charge is 0.359 e. The Morgan fingerprint density at radius 1 is 1.33 bits per heavy atom. The van der Waals surface area contributed by atoms with Crippen LogP contribution in [0.4, 0.5) is 10.5 Å². The molecule has 1 aromatic rings. The van der Waals surface area contributed by atoms with Crippen LogP contribution in [0.3, 0.4) is 0 Å². The second-order valence-electron chi connectivity index (χ2n) is 4.51. The number of nitrogens with zero attached hydrogens (tertiary/aromatic N) is 1. The van der Waals surface area contributed by atoms with E-state index in [4.69, 9.17) is 28.7 Å². The first kappa shape index (κ1) is 17.4. The zero-order chi connectivity index (χ0) is 15.8. The normalized spacial score (nSPS) is 11.6. The smallest absolute Gasteiger partial charge is 0.335 e. The number of hydrogen-bond acceptors (Lipinski definition) is 3. The van der Waals surface area contributed by atoms with Gasteiger partial charge in [0.15, 0.2) is 0 Å². The van der Waals surface area contributed by atoms with Crippen molar-refractivity contribution in [1.29, 1.82) is 5.53 Å². The summed E-state index contributed by atoms with van der Waals surface area (Å²) in [5.74, 6) is -0.353. The monoisotopic (exact) mass is 330 g/mol. The number of carbonyl (C=O) groups is 2. The van der Waals surface area contributed by atoms with Crippen LogP contribution in [0.15, 0.2) is 23.3 Å². The van der Waals surface area contributed by atoms with Gasteiger partial charge in [-0.3, -0.25) is 4.79 Å². The lowest BCUT2D eigenvalue weighted by Crippen LogP contribution is -2.24. The summed E-state index contributed by atoms with van der Waals surface area (Å²) in [4.78, 5) is 22.7. The van der Waals surface area contributed by atoms with Crippen LogP contribution in [-0.2, 0) is 4.79 Å². The van der Waals surface area contributed by atoms with E-state index in [1.54, 1.807) is 25.1 Å². The maximum atomic E-state index is 12.0. The first-order chi connectivity index (χ1) is 9.93. The van der Waals surface area contributed by atoms with Crippen molar-refractivity contribution in [2.75, 3.05) is 11.9 Å². The fourth-order valence-corrected chi connectivity index (χ4v) is 1.91. The summed E-state index contributed by atoms with van der Waals surface area (Å²) >= 11 is 11.7. The van der Waals surface area contributed by atoms with Gasteiger partial charge in [-0.25, -0.2) is 4.79 Å². The third kappa shape index (κ3) is 6.10. The highest BCUT2D eigenvalue weighted by molar-refractivity contribution is 6.42. The molecule has 21 heavy (non-hydrogen) atoms. The van der Waals surface area contributed by atoms with Crippen molar-refractivity contribution in [2.45, 2.75) is 19.8 Å². The summed E-state index contributed by atoms with van der Waals surface area (Å²) in [6.07, 6.45) is 1.22. The maximum absolute atomic E-state index is 12.0. The molecule has 1 atom stereocenters. The van der Waals surface area contributed by atoms with Gasteiger partial charge in [0.2, 0.25) is 5.91 Å². The number of halogens is 2. The van der Waals surface area contributed by atoms with E-state index in [1.807, 2.05) is 0 Å². The molecule has 0 spiro atoms. The maximum Gasteiger partial charge on any atom is 0.359 e. The molecule has 8 heteroatoms. The molecule has 0 aliphatic carbocycles. The molecule has 6 nitrogen and oxygen atoms in total. The Morgan fingerprint density at radius 3 is 2.67 bits per heavy atom. The van der Waals surface area contributed by atoms with Crippen molar-refractivity contribution in [3.63, 3.8) is 0 Å². The molecule has 0 heterocycles. The van der Waals surface area contributed by atoms with E-state index in [2.05, 4.69) is 15.7 Å². The number of carbonyl (C=O) groups excluding carboxylic acids is 2. The molecule has 114 valence electrons. The summed E-state index contributed by atoms with van der Waals surface area (Å²) in [7, 11) is 0. The van der Waals surface area contributed by atoms with E-state index >= 15 is 0 Å². The van der Waals surface area contributed by atoms with Crippen LogP contribution in [0.1, 0.15) is 19.8 Å². The number of benzene rings is 1. The SMILES string of the molecule is C[C@@H](CCCNC(=O)N=N)C(=O)Nc1ccc(Cl)c(Cl)c1. The third-order valence-corrected chi connectivity index (χ3v) is 3.57. The van der Waals surface area contributed by atoms with E-state index in [0.717, 1.165) is 0 Å². The van der Waals surface area contributed by atoms with Crippen molar-refractivity contribution < 1.29 is 9.59 Å². The fourth-order valence-electron chi connectivity index (χ4n) is 1.61. The Kier molecular flexibility index (Phi) is 7.11. The van der Waals surface area contributed by atoms with Crippen molar-refractivity contribution >= 4 is 40.8 Å². The lowest BCUT2D eigenvalue weighted by molar-refractivity contribution is -0.119. The zero-order valence-corrected chi connectivity index (χ0v) is 13.0. The number of nitrogens with one attached hydrogen (secondary N) is 3. The molecular formula is C13H16Cl2N4O2. The second kappa shape index (κ2) is 8.59. The van der Waals surface area contributed by atoms with Gasteiger partial charge in [-0.05, 0) is 31.0 Å². The Labute approximate surface area is 132 Å². The molecule has 0 unspecified atom stereocenters. The number of anilines is 1. The number of rotatable bonds is 6. The highest BCUT2D eigenvalue weighted by Crippen LogP contribution is 2.25. The minimum Gasteiger partial charge on any atom is -0.335 e. The van der Waals surface area contributed by atoms with Crippen molar-refractivity contribution in [3.8, 4) is 0 Å². The van der Waals surface area contributed by atoms with Gasteiger partial charge in [0.05, 0.1) is 10.0 Å². The van der Waals surface area contributed by atoms with Crippen LogP contribution in [0, 0.1) is 11.4 Å². The highest BCUT2D eigenvalue weighted by atomic mass is 35.5. The van der Waals surface area contributed by atoms with Crippen molar-refractivity contribution in [1.82, 2.24) is 5.32 Å². The van der Waals surface area contributed by atoms with Gasteiger partial charge in [0.1, 0.15) is 0 Å². The molecule has 0 bridgehead atoms. The molecule has 0 saturated heterocycles. The summed E-state index contributed by atoms with van der Waals surface area (Å²) in [5.41, 5.74) is 7.07. The Hall–Kier alpha value is -1.66. The third-order valence-electron chi connectivity index (χ3n) is 2.83. The number of urea groups is 1. The summed E-state index contributed by atoms with van der Waals surface area (Å²) in [6, 6.07) is 4.20. The van der Waals surface area contributed by atoms with Gasteiger partial charge in [0, 0.05) is 18.2 Å². The Bertz CT molecular complexity index is 537. The summed E-state index contributed by atoms with van der Waals surface area (Å²) in [5, 5.41) is 8.70. The molecular weight excluding hydrogens is 315 g/mol. The van der Waals surface area contributed by atoms with Gasteiger partial charge in [-0.15, -0.1) is 0 Å².